The molecule has 1 aromatic carbocycles. The lowest BCUT2D eigenvalue weighted by molar-refractivity contribution is -0.380. The molecule has 0 fully saturated rings. The summed E-state index contributed by atoms with van der Waals surface area (Å²) in [4.78, 5) is 22.2. The third kappa shape index (κ3) is 3.62. The maximum atomic E-state index is 11.8. The molecule has 98 valence electrons. The van der Waals surface area contributed by atoms with E-state index in [0.29, 0.717) is 11.4 Å². The smallest absolute Gasteiger partial charge is 0.324 e. The molecule has 0 radical (unpaired) electrons. The summed E-state index contributed by atoms with van der Waals surface area (Å²) in [6.07, 6.45) is 0. The molecular weight excluding hydrogens is 332 g/mol. The number of carbonyl (C=O) groups excluding carboxylic acids is 1. The molecule has 0 bridgehead atoms. The molecule has 2 rings (SSSR count). The average molecular weight is 341 g/mol. The van der Waals surface area contributed by atoms with E-state index in [1.54, 1.807) is 0 Å². The van der Waals surface area contributed by atoms with Crippen LogP contribution >= 0.6 is 27.3 Å². The van der Waals surface area contributed by atoms with E-state index in [1.807, 2.05) is 24.3 Å². The SMILES string of the molecule is O=C(NCc1cccc(Br)c1)c1ccc([N+](=O)[O-])s1. The van der Waals surface area contributed by atoms with Gasteiger partial charge in [0.2, 0.25) is 0 Å². The Morgan fingerprint density at radius 1 is 1.37 bits per heavy atom. The van der Waals surface area contributed by atoms with Gasteiger partial charge in [0.15, 0.2) is 0 Å². The van der Waals surface area contributed by atoms with E-state index in [-0.39, 0.29) is 10.9 Å². The predicted molar refractivity (Wildman–Crippen MR) is 76.3 cm³/mol. The zero-order valence-corrected chi connectivity index (χ0v) is 12.0. The Labute approximate surface area is 121 Å². The molecular formula is C12H9BrN2O3S. The van der Waals surface area contributed by atoms with Gasteiger partial charge in [0.25, 0.3) is 5.91 Å². The first-order valence-corrected chi connectivity index (χ1v) is 6.94. The van der Waals surface area contributed by atoms with Crippen LogP contribution in [0, 0.1) is 10.1 Å². The van der Waals surface area contributed by atoms with E-state index in [9.17, 15) is 14.9 Å². The van der Waals surface area contributed by atoms with Crippen LogP contribution < -0.4 is 5.32 Å². The molecule has 1 N–H and O–H groups in total. The number of benzene rings is 1. The number of nitro groups is 1. The number of rotatable bonds is 4. The van der Waals surface area contributed by atoms with Crippen LogP contribution in [0.4, 0.5) is 5.00 Å². The number of amides is 1. The Balaban J connectivity index is 1.99. The summed E-state index contributed by atoms with van der Waals surface area (Å²) in [6, 6.07) is 10.4. The van der Waals surface area contributed by atoms with Gasteiger partial charge < -0.3 is 5.32 Å². The van der Waals surface area contributed by atoms with Crippen LogP contribution in [0.1, 0.15) is 15.2 Å². The van der Waals surface area contributed by atoms with Crippen molar-refractivity contribution in [2.24, 2.45) is 0 Å². The number of hydrogen-bond donors (Lipinski definition) is 1. The first kappa shape index (κ1) is 13.7. The van der Waals surface area contributed by atoms with Gasteiger partial charge in [0.05, 0.1) is 9.80 Å². The molecule has 0 aliphatic carbocycles. The van der Waals surface area contributed by atoms with E-state index in [0.717, 1.165) is 21.4 Å². The third-order valence-electron chi connectivity index (χ3n) is 2.34. The fourth-order valence-electron chi connectivity index (χ4n) is 1.46. The molecule has 5 nitrogen and oxygen atoms in total. The molecule has 0 saturated carbocycles. The highest BCUT2D eigenvalue weighted by Gasteiger charge is 2.14. The van der Waals surface area contributed by atoms with E-state index in [1.165, 1.54) is 12.1 Å². The van der Waals surface area contributed by atoms with Crippen LogP contribution in [0.25, 0.3) is 0 Å². The minimum Gasteiger partial charge on any atom is -0.347 e. The number of halogens is 1. The van der Waals surface area contributed by atoms with Crippen LogP contribution in [0.15, 0.2) is 40.9 Å². The largest absolute Gasteiger partial charge is 0.347 e. The predicted octanol–water partition coefficient (Wildman–Crippen LogP) is 3.35. The number of nitrogens with one attached hydrogen (secondary N) is 1. The molecule has 0 aliphatic heterocycles. The van der Waals surface area contributed by atoms with E-state index in [2.05, 4.69) is 21.2 Å². The summed E-state index contributed by atoms with van der Waals surface area (Å²) in [5, 5.41) is 13.2. The molecule has 0 aliphatic rings. The second kappa shape index (κ2) is 5.94. The van der Waals surface area contributed by atoms with Crippen molar-refractivity contribution < 1.29 is 9.72 Å². The Morgan fingerprint density at radius 2 is 2.16 bits per heavy atom. The summed E-state index contributed by atoms with van der Waals surface area (Å²) in [5.74, 6) is -0.307. The molecule has 0 unspecified atom stereocenters. The number of hydrogen-bond acceptors (Lipinski definition) is 4. The summed E-state index contributed by atoms with van der Waals surface area (Å²) < 4.78 is 0.936. The normalized spacial score (nSPS) is 10.2. The second-order valence-corrected chi connectivity index (χ2v) is 5.69. The number of nitrogens with zero attached hydrogens (tertiary/aromatic N) is 1. The Bertz CT molecular complexity index is 627. The number of carbonyl (C=O) groups is 1. The lowest BCUT2D eigenvalue weighted by atomic mass is 10.2. The molecule has 1 amide bonds. The quantitative estimate of drug-likeness (QED) is 0.685. The monoisotopic (exact) mass is 340 g/mol. The summed E-state index contributed by atoms with van der Waals surface area (Å²) in [6.45, 7) is 0.379. The van der Waals surface area contributed by atoms with Crippen LogP contribution in [-0.4, -0.2) is 10.8 Å². The van der Waals surface area contributed by atoms with Gasteiger partial charge in [-0.05, 0) is 23.8 Å². The first-order chi connectivity index (χ1) is 9.06. The summed E-state index contributed by atoms with van der Waals surface area (Å²) in [7, 11) is 0. The van der Waals surface area contributed by atoms with Crippen LogP contribution in [0.5, 0.6) is 0 Å². The van der Waals surface area contributed by atoms with Gasteiger partial charge in [-0.1, -0.05) is 39.4 Å². The van der Waals surface area contributed by atoms with E-state index >= 15 is 0 Å². The minimum absolute atomic E-state index is 0.0346. The number of thiophene rings is 1. The average Bonchev–Trinajstić information content (AvgIpc) is 2.86. The van der Waals surface area contributed by atoms with Gasteiger partial charge in [-0.15, -0.1) is 0 Å². The molecule has 2 aromatic rings. The van der Waals surface area contributed by atoms with Crippen molar-refractivity contribution in [2.75, 3.05) is 0 Å². The highest BCUT2D eigenvalue weighted by atomic mass is 79.9. The van der Waals surface area contributed by atoms with E-state index < -0.39 is 4.92 Å². The fourth-order valence-corrected chi connectivity index (χ4v) is 2.65. The van der Waals surface area contributed by atoms with Crippen molar-refractivity contribution in [3.63, 3.8) is 0 Å². The van der Waals surface area contributed by atoms with Crippen molar-refractivity contribution in [2.45, 2.75) is 6.54 Å². The zero-order chi connectivity index (χ0) is 13.8. The van der Waals surface area contributed by atoms with E-state index in [4.69, 9.17) is 0 Å². The van der Waals surface area contributed by atoms with Crippen LogP contribution in [-0.2, 0) is 6.54 Å². The maximum Gasteiger partial charge on any atom is 0.324 e. The Kier molecular flexibility index (Phi) is 4.28. The Morgan fingerprint density at radius 3 is 2.79 bits per heavy atom. The van der Waals surface area contributed by atoms with Crippen molar-refractivity contribution in [3.05, 3.63) is 61.4 Å². The van der Waals surface area contributed by atoms with Crippen molar-refractivity contribution >= 4 is 38.2 Å². The van der Waals surface area contributed by atoms with Gasteiger partial charge in [0, 0.05) is 17.1 Å². The zero-order valence-electron chi connectivity index (χ0n) is 9.63. The molecule has 1 heterocycles. The van der Waals surface area contributed by atoms with Gasteiger partial charge in [0.1, 0.15) is 0 Å². The van der Waals surface area contributed by atoms with Crippen molar-refractivity contribution in [3.8, 4) is 0 Å². The van der Waals surface area contributed by atoms with Gasteiger partial charge in [-0.2, -0.15) is 0 Å². The highest BCUT2D eigenvalue weighted by molar-refractivity contribution is 9.10. The van der Waals surface area contributed by atoms with Crippen LogP contribution in [0.2, 0.25) is 0 Å². The van der Waals surface area contributed by atoms with Gasteiger partial charge in [-0.25, -0.2) is 0 Å². The molecule has 0 spiro atoms. The van der Waals surface area contributed by atoms with Gasteiger partial charge in [-0.3, -0.25) is 14.9 Å². The van der Waals surface area contributed by atoms with Crippen molar-refractivity contribution in [1.29, 1.82) is 0 Å². The maximum absolute atomic E-state index is 11.8. The molecule has 7 heteroatoms. The molecule has 1 aromatic heterocycles. The standard InChI is InChI=1S/C12H9BrN2O3S/c13-9-3-1-2-8(6-9)7-14-12(16)10-4-5-11(19-10)15(17)18/h1-6H,7H2,(H,14,16). The van der Waals surface area contributed by atoms with Crippen LogP contribution in [0.3, 0.4) is 0 Å². The molecule has 0 saturated heterocycles. The fraction of sp³-hybridized carbons (Fsp3) is 0.0833. The molecule has 19 heavy (non-hydrogen) atoms. The highest BCUT2D eigenvalue weighted by Crippen LogP contribution is 2.23. The van der Waals surface area contributed by atoms with Crippen molar-refractivity contribution in [1.82, 2.24) is 5.32 Å². The topological polar surface area (TPSA) is 72.2 Å². The van der Waals surface area contributed by atoms with Gasteiger partial charge >= 0.3 is 5.00 Å². The summed E-state index contributed by atoms with van der Waals surface area (Å²) in [5.41, 5.74) is 0.953. The summed E-state index contributed by atoms with van der Waals surface area (Å²) >= 11 is 4.21. The first-order valence-electron chi connectivity index (χ1n) is 5.33. The second-order valence-electron chi connectivity index (χ2n) is 3.71. The minimum atomic E-state index is -0.504. The lowest BCUT2D eigenvalue weighted by Crippen LogP contribution is -2.21. The Hall–Kier alpha value is -1.73. The lowest BCUT2D eigenvalue weighted by Gasteiger charge is -2.03. The third-order valence-corrected chi connectivity index (χ3v) is 3.87. The molecule has 0 atom stereocenters.